The summed E-state index contributed by atoms with van der Waals surface area (Å²) in [7, 11) is 0. The second kappa shape index (κ2) is 6.45. The van der Waals surface area contributed by atoms with Gasteiger partial charge in [-0.15, -0.1) is 0 Å². The van der Waals surface area contributed by atoms with Crippen LogP contribution in [0.1, 0.15) is 31.1 Å². The second-order valence-electron chi connectivity index (χ2n) is 3.90. The van der Waals surface area contributed by atoms with Crippen molar-refractivity contribution in [1.82, 2.24) is 0 Å². The van der Waals surface area contributed by atoms with Crippen LogP contribution in [0.2, 0.25) is 0 Å². The number of esters is 1. The minimum absolute atomic E-state index is 0.112. The number of benzene rings is 1. The molecule has 3 nitrogen and oxygen atoms in total. The van der Waals surface area contributed by atoms with Gasteiger partial charge in [-0.25, -0.2) is 0 Å². The third-order valence-electron chi connectivity index (χ3n) is 1.98. The van der Waals surface area contributed by atoms with Gasteiger partial charge in [0.25, 0.3) is 0 Å². The van der Waals surface area contributed by atoms with Crippen molar-refractivity contribution in [3.8, 4) is 0 Å². The quantitative estimate of drug-likeness (QED) is 0.773. The lowest BCUT2D eigenvalue weighted by atomic mass is 10.2. The third kappa shape index (κ3) is 4.61. The lowest BCUT2D eigenvalue weighted by Crippen LogP contribution is -2.22. The van der Waals surface area contributed by atoms with Gasteiger partial charge < -0.3 is 4.74 Å². The molecular weight excluding hydrogens is 236 g/mol. The van der Waals surface area contributed by atoms with E-state index in [0.717, 1.165) is 11.8 Å². The second-order valence-corrected chi connectivity index (χ2v) is 5.21. The van der Waals surface area contributed by atoms with Crippen LogP contribution in [0.25, 0.3) is 0 Å². The highest BCUT2D eigenvalue weighted by Gasteiger charge is 2.20. The molecule has 0 N–H and O–H groups in total. The summed E-state index contributed by atoms with van der Waals surface area (Å²) in [5.41, 5.74) is 0.599. The van der Waals surface area contributed by atoms with Gasteiger partial charge in [0, 0.05) is 5.56 Å². The number of hydrogen-bond donors (Lipinski definition) is 0. The summed E-state index contributed by atoms with van der Waals surface area (Å²) in [6.07, 6.45) is -0.155. The third-order valence-corrected chi connectivity index (χ3v) is 2.97. The smallest absolute Gasteiger partial charge is 0.319 e. The van der Waals surface area contributed by atoms with Crippen molar-refractivity contribution in [2.75, 3.05) is 0 Å². The van der Waals surface area contributed by atoms with E-state index in [2.05, 4.69) is 0 Å². The molecule has 1 rings (SSSR count). The van der Waals surface area contributed by atoms with Crippen molar-refractivity contribution in [1.29, 1.82) is 0 Å². The summed E-state index contributed by atoms with van der Waals surface area (Å²) in [5, 5.41) is -0.594. The number of carbonyl (C=O) groups is 2. The first-order chi connectivity index (χ1) is 8.00. The van der Waals surface area contributed by atoms with E-state index in [1.165, 1.54) is 0 Å². The molecule has 1 unspecified atom stereocenters. The van der Waals surface area contributed by atoms with Gasteiger partial charge in [0.05, 0.1) is 6.10 Å². The van der Waals surface area contributed by atoms with E-state index in [9.17, 15) is 9.59 Å². The zero-order valence-corrected chi connectivity index (χ0v) is 11.0. The molecule has 0 aliphatic heterocycles. The van der Waals surface area contributed by atoms with E-state index >= 15 is 0 Å². The highest BCUT2D eigenvalue weighted by Crippen LogP contribution is 2.19. The molecule has 0 radical (unpaired) electrons. The fraction of sp³-hybridized carbons (Fsp3) is 0.385. The van der Waals surface area contributed by atoms with Crippen LogP contribution in [0.4, 0.5) is 0 Å². The molecule has 92 valence electrons. The van der Waals surface area contributed by atoms with Crippen LogP contribution >= 0.6 is 11.8 Å². The molecule has 0 saturated carbocycles. The van der Waals surface area contributed by atoms with E-state index in [0.29, 0.717) is 5.56 Å². The van der Waals surface area contributed by atoms with Gasteiger partial charge in [0.1, 0.15) is 5.25 Å². The molecule has 0 aliphatic carbocycles. The minimum atomic E-state index is -0.481. The van der Waals surface area contributed by atoms with Gasteiger partial charge in [-0.1, -0.05) is 42.1 Å². The van der Waals surface area contributed by atoms with E-state index in [-0.39, 0.29) is 17.2 Å². The highest BCUT2D eigenvalue weighted by atomic mass is 32.2. The van der Waals surface area contributed by atoms with Crippen molar-refractivity contribution in [2.45, 2.75) is 32.1 Å². The Morgan fingerprint density at radius 3 is 2.24 bits per heavy atom. The van der Waals surface area contributed by atoms with Crippen LogP contribution in [-0.2, 0) is 9.53 Å². The fourth-order valence-corrected chi connectivity index (χ4v) is 1.92. The van der Waals surface area contributed by atoms with E-state index in [4.69, 9.17) is 4.74 Å². The summed E-state index contributed by atoms with van der Waals surface area (Å²) in [6.45, 7) is 5.25. The van der Waals surface area contributed by atoms with Crippen LogP contribution in [0.15, 0.2) is 30.3 Å². The zero-order chi connectivity index (χ0) is 12.8. The molecular formula is C13H16O3S. The Morgan fingerprint density at radius 1 is 1.12 bits per heavy atom. The molecule has 4 heteroatoms. The van der Waals surface area contributed by atoms with Gasteiger partial charge in [-0.2, -0.15) is 0 Å². The summed E-state index contributed by atoms with van der Waals surface area (Å²) in [6, 6.07) is 8.90. The summed E-state index contributed by atoms with van der Waals surface area (Å²) < 4.78 is 5.04. The first-order valence-electron chi connectivity index (χ1n) is 5.47. The Morgan fingerprint density at radius 2 is 1.71 bits per heavy atom. The normalized spacial score (nSPS) is 12.2. The van der Waals surface area contributed by atoms with Crippen LogP contribution in [0.3, 0.4) is 0 Å². The largest absolute Gasteiger partial charge is 0.462 e. The maximum absolute atomic E-state index is 11.8. The Hall–Kier alpha value is -1.29. The number of ether oxygens (including phenoxy) is 1. The van der Waals surface area contributed by atoms with Crippen molar-refractivity contribution in [3.05, 3.63) is 35.9 Å². The van der Waals surface area contributed by atoms with Gasteiger partial charge in [-0.3, -0.25) is 9.59 Å². The van der Waals surface area contributed by atoms with E-state index in [1.54, 1.807) is 45.0 Å². The van der Waals surface area contributed by atoms with E-state index < -0.39 is 5.25 Å². The van der Waals surface area contributed by atoms with E-state index in [1.807, 2.05) is 6.07 Å². The average molecular weight is 252 g/mol. The molecule has 0 spiro atoms. The van der Waals surface area contributed by atoms with Gasteiger partial charge in [-0.05, 0) is 20.8 Å². The highest BCUT2D eigenvalue weighted by molar-refractivity contribution is 8.15. The van der Waals surface area contributed by atoms with Crippen molar-refractivity contribution >= 4 is 22.8 Å². The molecule has 0 fully saturated rings. The molecule has 1 aromatic rings. The predicted molar refractivity (Wildman–Crippen MR) is 69.1 cm³/mol. The van der Waals surface area contributed by atoms with Crippen molar-refractivity contribution in [3.63, 3.8) is 0 Å². The lowest BCUT2D eigenvalue weighted by Gasteiger charge is -2.12. The summed E-state index contributed by atoms with van der Waals surface area (Å²) in [5.74, 6) is -0.353. The first kappa shape index (κ1) is 13.8. The molecule has 0 heterocycles. The molecule has 0 aromatic heterocycles. The van der Waals surface area contributed by atoms with Crippen molar-refractivity contribution < 1.29 is 14.3 Å². The number of carbonyl (C=O) groups excluding carboxylic acids is 2. The summed E-state index contributed by atoms with van der Waals surface area (Å²) in [4.78, 5) is 23.3. The van der Waals surface area contributed by atoms with Crippen LogP contribution in [0.5, 0.6) is 0 Å². The Labute approximate surface area is 106 Å². The molecule has 1 atom stereocenters. The van der Waals surface area contributed by atoms with Gasteiger partial charge in [0.15, 0.2) is 0 Å². The predicted octanol–water partition coefficient (Wildman–Crippen LogP) is 2.90. The first-order valence-corrected chi connectivity index (χ1v) is 6.35. The topological polar surface area (TPSA) is 43.4 Å². The maximum Gasteiger partial charge on any atom is 0.319 e. The Bertz CT molecular complexity index is 387. The zero-order valence-electron chi connectivity index (χ0n) is 10.2. The molecule has 0 aliphatic rings. The molecule has 1 aromatic carbocycles. The molecule has 17 heavy (non-hydrogen) atoms. The number of thioether (sulfide) groups is 1. The molecule has 0 amide bonds. The number of hydrogen-bond acceptors (Lipinski definition) is 4. The lowest BCUT2D eigenvalue weighted by molar-refractivity contribution is -0.146. The Balaban J connectivity index is 2.55. The number of rotatable bonds is 4. The summed E-state index contributed by atoms with van der Waals surface area (Å²) >= 11 is 0.989. The van der Waals surface area contributed by atoms with Crippen LogP contribution < -0.4 is 0 Å². The van der Waals surface area contributed by atoms with Crippen LogP contribution in [0, 0.1) is 0 Å². The minimum Gasteiger partial charge on any atom is -0.462 e. The average Bonchev–Trinajstić information content (AvgIpc) is 2.29. The molecule has 0 bridgehead atoms. The van der Waals surface area contributed by atoms with Gasteiger partial charge >= 0.3 is 5.97 Å². The fourth-order valence-electron chi connectivity index (χ4n) is 1.18. The Kier molecular flexibility index (Phi) is 5.22. The monoisotopic (exact) mass is 252 g/mol. The van der Waals surface area contributed by atoms with Crippen LogP contribution in [-0.4, -0.2) is 22.4 Å². The standard InChI is InChI=1S/C13H16O3S/c1-9(2)16-12(14)10(3)17-13(15)11-7-5-4-6-8-11/h4-10H,1-3H3. The van der Waals surface area contributed by atoms with Crippen molar-refractivity contribution in [2.24, 2.45) is 0 Å². The van der Waals surface area contributed by atoms with Gasteiger partial charge in [0.2, 0.25) is 5.12 Å². The molecule has 0 saturated heterocycles. The maximum atomic E-state index is 11.8. The SMILES string of the molecule is CC(C)OC(=O)C(C)SC(=O)c1ccccc1.